The summed E-state index contributed by atoms with van der Waals surface area (Å²) in [5.41, 5.74) is 0.194. The zero-order chi connectivity index (χ0) is 21.5. The van der Waals surface area contributed by atoms with Gasteiger partial charge in [-0.25, -0.2) is 9.34 Å². The van der Waals surface area contributed by atoms with Crippen molar-refractivity contribution in [3.05, 3.63) is 68.3 Å². The maximum absolute atomic E-state index is 13.2. The molecular formula is C18H19N4O7P. The number of nitro groups is 2. The lowest BCUT2D eigenvalue weighted by Crippen LogP contribution is -2.10. The van der Waals surface area contributed by atoms with Crippen LogP contribution in [0.3, 0.4) is 0 Å². The summed E-state index contributed by atoms with van der Waals surface area (Å²) in [5, 5.41) is 22.2. The Hall–Kier alpha value is -2.85. The standard InChI is InChI=1S/C18H19N4O7P/c1-13(29-30(27,19-8-9-19)20-10-11-20)14-2-7-17(22(25)26)18(12-14)28-16-5-3-15(4-6-16)21(23)24/h2-7,12-13H,8-11H2,1H3. The molecule has 11 nitrogen and oxygen atoms in total. The quantitative estimate of drug-likeness (QED) is 0.248. The van der Waals surface area contributed by atoms with Gasteiger partial charge in [0.1, 0.15) is 5.75 Å². The maximum atomic E-state index is 13.2. The van der Waals surface area contributed by atoms with Crippen molar-refractivity contribution in [2.75, 3.05) is 26.2 Å². The molecule has 0 bridgehead atoms. The normalized spacial score (nSPS) is 17.4. The van der Waals surface area contributed by atoms with Gasteiger partial charge in [0.2, 0.25) is 5.75 Å². The second kappa shape index (κ2) is 7.77. The highest BCUT2D eigenvalue weighted by Gasteiger charge is 2.50. The number of ether oxygens (including phenoxy) is 1. The molecule has 0 aliphatic carbocycles. The summed E-state index contributed by atoms with van der Waals surface area (Å²) in [6.45, 7) is 4.60. The number of benzene rings is 2. The molecule has 1 atom stereocenters. The second-order valence-electron chi connectivity index (χ2n) is 6.98. The van der Waals surface area contributed by atoms with Crippen LogP contribution in [0.5, 0.6) is 11.5 Å². The Kier molecular flexibility index (Phi) is 5.29. The first kappa shape index (κ1) is 20.4. The summed E-state index contributed by atoms with van der Waals surface area (Å²) in [4.78, 5) is 21.1. The van der Waals surface area contributed by atoms with E-state index in [9.17, 15) is 24.8 Å². The summed E-state index contributed by atoms with van der Waals surface area (Å²) in [5.74, 6) is 0.184. The summed E-state index contributed by atoms with van der Waals surface area (Å²) < 4.78 is 28.3. The molecule has 2 heterocycles. The zero-order valence-corrected chi connectivity index (χ0v) is 16.9. The minimum absolute atomic E-state index is 0.0323. The number of rotatable bonds is 9. The highest BCUT2D eigenvalue weighted by Crippen LogP contribution is 2.63. The molecule has 0 spiro atoms. The van der Waals surface area contributed by atoms with Gasteiger partial charge in [-0.15, -0.1) is 0 Å². The number of non-ortho nitro benzene ring substituents is 1. The fraction of sp³-hybridized carbons (Fsp3) is 0.333. The van der Waals surface area contributed by atoms with Crippen LogP contribution in [-0.4, -0.2) is 45.4 Å². The minimum atomic E-state index is -3.06. The molecule has 2 aliphatic heterocycles. The van der Waals surface area contributed by atoms with E-state index in [0.29, 0.717) is 5.56 Å². The molecule has 2 saturated heterocycles. The van der Waals surface area contributed by atoms with Crippen molar-refractivity contribution < 1.29 is 23.7 Å². The number of hydrogen-bond acceptors (Lipinski definition) is 7. The SMILES string of the molecule is CC(OP(=O)(N1CC1)N1CC1)c1ccc([N+](=O)[O-])c(Oc2ccc([N+](=O)[O-])cc2)c1. The Morgan fingerprint density at radius 1 is 0.967 bits per heavy atom. The van der Waals surface area contributed by atoms with Gasteiger partial charge in [-0.3, -0.25) is 29.3 Å². The minimum Gasteiger partial charge on any atom is -0.450 e. The summed E-state index contributed by atoms with van der Waals surface area (Å²) >= 11 is 0. The van der Waals surface area contributed by atoms with E-state index in [0.717, 1.165) is 26.2 Å². The highest BCUT2D eigenvalue weighted by atomic mass is 31.2. The van der Waals surface area contributed by atoms with E-state index in [4.69, 9.17) is 9.26 Å². The van der Waals surface area contributed by atoms with Crippen molar-refractivity contribution in [2.45, 2.75) is 13.0 Å². The van der Waals surface area contributed by atoms with Gasteiger partial charge in [-0.05, 0) is 36.8 Å². The van der Waals surface area contributed by atoms with Gasteiger partial charge in [-0.2, -0.15) is 0 Å². The van der Waals surface area contributed by atoms with Crippen LogP contribution < -0.4 is 4.74 Å². The van der Waals surface area contributed by atoms with Crippen LogP contribution in [0.4, 0.5) is 11.4 Å². The van der Waals surface area contributed by atoms with Crippen molar-refractivity contribution in [2.24, 2.45) is 0 Å². The molecule has 4 rings (SSSR count). The third-order valence-electron chi connectivity index (χ3n) is 4.78. The maximum Gasteiger partial charge on any atom is 0.346 e. The van der Waals surface area contributed by atoms with Gasteiger partial charge in [0.15, 0.2) is 0 Å². The molecule has 0 aromatic heterocycles. The summed E-state index contributed by atoms with van der Waals surface area (Å²) in [7, 11) is -3.06. The van der Waals surface area contributed by atoms with E-state index in [1.54, 1.807) is 22.3 Å². The molecule has 2 aromatic carbocycles. The van der Waals surface area contributed by atoms with E-state index in [2.05, 4.69) is 0 Å². The molecule has 0 radical (unpaired) electrons. The molecule has 2 fully saturated rings. The number of nitro benzene ring substituents is 2. The number of nitrogens with zero attached hydrogens (tertiary/aromatic N) is 4. The van der Waals surface area contributed by atoms with Crippen LogP contribution in [0.15, 0.2) is 42.5 Å². The first-order chi connectivity index (χ1) is 14.3. The topological polar surface area (TPSA) is 128 Å². The Morgan fingerprint density at radius 3 is 2.07 bits per heavy atom. The molecule has 0 amide bonds. The van der Waals surface area contributed by atoms with Crippen LogP contribution in [0.1, 0.15) is 18.6 Å². The predicted molar refractivity (Wildman–Crippen MR) is 107 cm³/mol. The van der Waals surface area contributed by atoms with E-state index >= 15 is 0 Å². The molecule has 1 unspecified atom stereocenters. The van der Waals surface area contributed by atoms with E-state index in [1.807, 2.05) is 0 Å². The fourth-order valence-electron chi connectivity index (χ4n) is 2.95. The molecule has 2 aromatic rings. The van der Waals surface area contributed by atoms with Crippen molar-refractivity contribution in [3.63, 3.8) is 0 Å². The van der Waals surface area contributed by atoms with Crippen LogP contribution in [0.2, 0.25) is 0 Å². The van der Waals surface area contributed by atoms with Gasteiger partial charge in [0.25, 0.3) is 5.69 Å². The lowest BCUT2D eigenvalue weighted by Gasteiger charge is -2.24. The van der Waals surface area contributed by atoms with E-state index < -0.39 is 23.6 Å². The molecule has 2 aliphatic rings. The molecule has 30 heavy (non-hydrogen) atoms. The Balaban J connectivity index is 1.58. The average molecular weight is 434 g/mol. The largest absolute Gasteiger partial charge is 0.450 e. The Morgan fingerprint density at radius 2 is 1.57 bits per heavy atom. The van der Waals surface area contributed by atoms with Crippen molar-refractivity contribution >= 4 is 19.0 Å². The first-order valence-corrected chi connectivity index (χ1v) is 10.8. The Labute approximate surface area is 171 Å². The van der Waals surface area contributed by atoms with E-state index in [-0.39, 0.29) is 22.9 Å². The lowest BCUT2D eigenvalue weighted by atomic mass is 10.1. The van der Waals surface area contributed by atoms with Crippen LogP contribution >= 0.6 is 7.67 Å². The van der Waals surface area contributed by atoms with Gasteiger partial charge in [0, 0.05) is 44.4 Å². The zero-order valence-electron chi connectivity index (χ0n) is 16.0. The fourth-order valence-corrected chi connectivity index (χ4v) is 5.30. The van der Waals surface area contributed by atoms with Crippen LogP contribution in [0.25, 0.3) is 0 Å². The molecular weight excluding hydrogens is 415 g/mol. The summed E-state index contributed by atoms with van der Waals surface area (Å²) in [6.07, 6.45) is -0.586. The molecule has 158 valence electrons. The number of hydrogen-bond donors (Lipinski definition) is 0. The third-order valence-corrected chi connectivity index (χ3v) is 7.60. The second-order valence-corrected chi connectivity index (χ2v) is 9.31. The third kappa shape index (κ3) is 4.19. The molecule has 0 saturated carbocycles. The Bertz CT molecular complexity index is 1020. The van der Waals surface area contributed by atoms with Crippen molar-refractivity contribution in [3.8, 4) is 11.5 Å². The average Bonchev–Trinajstić information content (AvgIpc) is 3.59. The van der Waals surface area contributed by atoms with Crippen LogP contribution in [-0.2, 0) is 9.09 Å². The first-order valence-electron chi connectivity index (χ1n) is 9.28. The van der Waals surface area contributed by atoms with E-state index in [1.165, 1.54) is 36.4 Å². The van der Waals surface area contributed by atoms with Crippen molar-refractivity contribution in [1.82, 2.24) is 9.34 Å². The van der Waals surface area contributed by atoms with Crippen LogP contribution in [0, 0.1) is 20.2 Å². The summed E-state index contributed by atoms with van der Waals surface area (Å²) in [6, 6.07) is 9.55. The highest BCUT2D eigenvalue weighted by molar-refractivity contribution is 7.54. The van der Waals surface area contributed by atoms with Gasteiger partial charge < -0.3 is 4.74 Å². The van der Waals surface area contributed by atoms with Gasteiger partial charge in [0.05, 0.1) is 16.0 Å². The van der Waals surface area contributed by atoms with Gasteiger partial charge in [-0.1, -0.05) is 0 Å². The monoisotopic (exact) mass is 434 g/mol. The lowest BCUT2D eigenvalue weighted by molar-refractivity contribution is -0.385. The van der Waals surface area contributed by atoms with Crippen molar-refractivity contribution in [1.29, 1.82) is 0 Å². The smallest absolute Gasteiger partial charge is 0.346 e. The predicted octanol–water partition coefficient (Wildman–Crippen LogP) is 4.11. The van der Waals surface area contributed by atoms with Gasteiger partial charge >= 0.3 is 13.4 Å². The molecule has 12 heteroatoms. The molecule has 0 N–H and O–H groups in total.